The lowest BCUT2D eigenvalue weighted by atomic mass is 10.1. The van der Waals surface area contributed by atoms with Gasteiger partial charge in [-0.2, -0.15) is 0 Å². The van der Waals surface area contributed by atoms with Crippen molar-refractivity contribution in [3.8, 4) is 0 Å². The monoisotopic (exact) mass is 297 g/mol. The standard InChI is InChI=1S/C13H19N3O3S/c1-2-9-3-4-10(14)7-12(9)20(18,19)15-8-11-5-6-13(17)16-11/h3-4,7,11,15H,2,5-6,8,14H2,1H3,(H,16,17). The van der Waals surface area contributed by atoms with Crippen LogP contribution in [0.5, 0.6) is 0 Å². The second kappa shape index (κ2) is 5.80. The van der Waals surface area contributed by atoms with E-state index >= 15 is 0 Å². The van der Waals surface area contributed by atoms with Crippen LogP contribution in [0.4, 0.5) is 5.69 Å². The van der Waals surface area contributed by atoms with Crippen LogP contribution in [0.2, 0.25) is 0 Å². The first-order valence-electron chi connectivity index (χ1n) is 6.60. The Labute approximate surface area is 118 Å². The molecule has 1 aliphatic rings. The number of carbonyl (C=O) groups excluding carboxylic acids is 1. The summed E-state index contributed by atoms with van der Waals surface area (Å²) < 4.78 is 27.2. The van der Waals surface area contributed by atoms with Crippen LogP contribution in [0.15, 0.2) is 23.1 Å². The lowest BCUT2D eigenvalue weighted by molar-refractivity contribution is -0.119. The van der Waals surface area contributed by atoms with Gasteiger partial charge in [0.1, 0.15) is 0 Å². The lowest BCUT2D eigenvalue weighted by Crippen LogP contribution is -2.38. The summed E-state index contributed by atoms with van der Waals surface area (Å²) in [6.07, 6.45) is 1.71. The normalized spacial score (nSPS) is 19.1. The van der Waals surface area contributed by atoms with E-state index < -0.39 is 10.0 Å². The Morgan fingerprint density at radius 2 is 2.20 bits per heavy atom. The van der Waals surface area contributed by atoms with Crippen molar-refractivity contribution in [2.45, 2.75) is 37.1 Å². The number of carbonyl (C=O) groups is 1. The smallest absolute Gasteiger partial charge is 0.240 e. The van der Waals surface area contributed by atoms with Gasteiger partial charge < -0.3 is 11.1 Å². The number of benzene rings is 1. The SMILES string of the molecule is CCc1ccc(N)cc1S(=O)(=O)NCC1CCC(=O)N1. The van der Waals surface area contributed by atoms with Crippen LogP contribution in [0.25, 0.3) is 0 Å². The summed E-state index contributed by atoms with van der Waals surface area (Å²) in [6.45, 7) is 2.09. The highest BCUT2D eigenvalue weighted by molar-refractivity contribution is 7.89. The van der Waals surface area contributed by atoms with E-state index in [0.29, 0.717) is 24.9 Å². The van der Waals surface area contributed by atoms with E-state index in [0.717, 1.165) is 5.56 Å². The fourth-order valence-electron chi connectivity index (χ4n) is 2.23. The third-order valence-electron chi connectivity index (χ3n) is 3.37. The first-order valence-corrected chi connectivity index (χ1v) is 8.08. The van der Waals surface area contributed by atoms with Crippen molar-refractivity contribution in [2.24, 2.45) is 0 Å². The zero-order chi connectivity index (χ0) is 14.8. The molecule has 6 nitrogen and oxygen atoms in total. The molecule has 7 heteroatoms. The zero-order valence-electron chi connectivity index (χ0n) is 11.3. The van der Waals surface area contributed by atoms with Gasteiger partial charge in [0.2, 0.25) is 15.9 Å². The molecule has 1 saturated heterocycles. The highest BCUT2D eigenvalue weighted by Crippen LogP contribution is 2.19. The summed E-state index contributed by atoms with van der Waals surface area (Å²) in [4.78, 5) is 11.3. The van der Waals surface area contributed by atoms with E-state index in [4.69, 9.17) is 5.73 Å². The molecule has 1 aliphatic heterocycles. The second-order valence-corrected chi connectivity index (χ2v) is 6.61. The predicted octanol–water partition coefficient (Wildman–Crippen LogP) is 0.388. The minimum atomic E-state index is -3.61. The van der Waals surface area contributed by atoms with Crippen LogP contribution < -0.4 is 15.8 Å². The Morgan fingerprint density at radius 3 is 2.80 bits per heavy atom. The van der Waals surface area contributed by atoms with E-state index in [1.54, 1.807) is 12.1 Å². The molecule has 0 aliphatic carbocycles. The summed E-state index contributed by atoms with van der Waals surface area (Å²) >= 11 is 0. The van der Waals surface area contributed by atoms with Crippen LogP contribution in [0.1, 0.15) is 25.3 Å². The number of sulfonamides is 1. The Balaban J connectivity index is 2.14. The average Bonchev–Trinajstić information content (AvgIpc) is 2.82. The molecule has 0 spiro atoms. The number of hydrogen-bond donors (Lipinski definition) is 3. The summed E-state index contributed by atoms with van der Waals surface area (Å²) in [5.41, 5.74) is 6.80. The van der Waals surface area contributed by atoms with Crippen molar-refractivity contribution in [1.29, 1.82) is 0 Å². The molecule has 1 aromatic rings. The number of rotatable bonds is 5. The molecule has 1 heterocycles. The fourth-order valence-corrected chi connectivity index (χ4v) is 3.66. The quantitative estimate of drug-likeness (QED) is 0.684. The molecule has 1 aromatic carbocycles. The highest BCUT2D eigenvalue weighted by Gasteiger charge is 2.24. The topological polar surface area (TPSA) is 101 Å². The Kier molecular flexibility index (Phi) is 4.29. The van der Waals surface area contributed by atoms with E-state index in [1.165, 1.54) is 6.07 Å². The number of aryl methyl sites for hydroxylation is 1. The van der Waals surface area contributed by atoms with Gasteiger partial charge in [-0.1, -0.05) is 13.0 Å². The van der Waals surface area contributed by atoms with Crippen molar-refractivity contribution in [1.82, 2.24) is 10.0 Å². The number of amides is 1. The number of nitrogen functional groups attached to an aromatic ring is 1. The van der Waals surface area contributed by atoms with Gasteiger partial charge in [-0.15, -0.1) is 0 Å². The molecular weight excluding hydrogens is 278 g/mol. The molecule has 0 aromatic heterocycles. The minimum Gasteiger partial charge on any atom is -0.399 e. The maximum absolute atomic E-state index is 12.3. The van der Waals surface area contributed by atoms with E-state index in [9.17, 15) is 13.2 Å². The van der Waals surface area contributed by atoms with Crippen LogP contribution in [-0.4, -0.2) is 26.9 Å². The van der Waals surface area contributed by atoms with Crippen molar-refractivity contribution in [2.75, 3.05) is 12.3 Å². The van der Waals surface area contributed by atoms with Crippen molar-refractivity contribution in [3.05, 3.63) is 23.8 Å². The van der Waals surface area contributed by atoms with Crippen LogP contribution in [0.3, 0.4) is 0 Å². The number of hydrogen-bond acceptors (Lipinski definition) is 4. The summed E-state index contributed by atoms with van der Waals surface area (Å²) in [6, 6.07) is 4.74. The van der Waals surface area contributed by atoms with Crippen molar-refractivity contribution < 1.29 is 13.2 Å². The maximum Gasteiger partial charge on any atom is 0.240 e. The van der Waals surface area contributed by atoms with E-state index in [2.05, 4.69) is 10.0 Å². The molecular formula is C13H19N3O3S. The Bertz CT molecular complexity index is 613. The molecule has 1 amide bonds. The lowest BCUT2D eigenvalue weighted by Gasteiger charge is -2.14. The zero-order valence-corrected chi connectivity index (χ0v) is 12.2. The molecule has 1 unspecified atom stereocenters. The molecule has 2 rings (SSSR count). The molecule has 1 fully saturated rings. The van der Waals surface area contributed by atoms with Crippen molar-refractivity contribution >= 4 is 21.6 Å². The molecule has 20 heavy (non-hydrogen) atoms. The van der Waals surface area contributed by atoms with Gasteiger partial charge in [-0.25, -0.2) is 13.1 Å². The summed E-state index contributed by atoms with van der Waals surface area (Å²) in [7, 11) is -3.61. The molecule has 1 atom stereocenters. The molecule has 0 saturated carbocycles. The van der Waals surface area contributed by atoms with Gasteiger partial charge in [-0.05, 0) is 30.5 Å². The second-order valence-electron chi connectivity index (χ2n) is 4.88. The minimum absolute atomic E-state index is 0.0348. The third kappa shape index (κ3) is 3.29. The predicted molar refractivity (Wildman–Crippen MR) is 76.6 cm³/mol. The van der Waals surface area contributed by atoms with Gasteiger partial charge in [-0.3, -0.25) is 4.79 Å². The maximum atomic E-state index is 12.3. The van der Waals surface area contributed by atoms with Gasteiger partial charge in [0.15, 0.2) is 0 Å². The van der Waals surface area contributed by atoms with Crippen molar-refractivity contribution in [3.63, 3.8) is 0 Å². The third-order valence-corrected chi connectivity index (χ3v) is 4.87. The molecule has 0 bridgehead atoms. The average molecular weight is 297 g/mol. The fraction of sp³-hybridized carbons (Fsp3) is 0.462. The van der Waals surface area contributed by atoms with Crippen LogP contribution >= 0.6 is 0 Å². The number of nitrogens with two attached hydrogens (primary N) is 1. The van der Waals surface area contributed by atoms with E-state index in [1.807, 2.05) is 6.92 Å². The largest absolute Gasteiger partial charge is 0.399 e. The van der Waals surface area contributed by atoms with Gasteiger partial charge in [0.05, 0.1) is 4.90 Å². The Morgan fingerprint density at radius 1 is 1.45 bits per heavy atom. The highest BCUT2D eigenvalue weighted by atomic mass is 32.2. The molecule has 110 valence electrons. The van der Waals surface area contributed by atoms with Crippen LogP contribution in [0, 0.1) is 0 Å². The number of anilines is 1. The summed E-state index contributed by atoms with van der Waals surface area (Å²) in [5, 5.41) is 2.73. The first kappa shape index (κ1) is 14.8. The van der Waals surface area contributed by atoms with Gasteiger partial charge in [0, 0.05) is 24.7 Å². The summed E-state index contributed by atoms with van der Waals surface area (Å²) in [5.74, 6) is -0.0348. The first-order chi connectivity index (χ1) is 9.42. The van der Waals surface area contributed by atoms with Crippen LogP contribution in [-0.2, 0) is 21.2 Å². The number of nitrogens with one attached hydrogen (secondary N) is 2. The molecule has 0 radical (unpaired) electrons. The van der Waals surface area contributed by atoms with Gasteiger partial charge >= 0.3 is 0 Å². The molecule has 4 N–H and O–H groups in total. The Hall–Kier alpha value is -1.60. The van der Waals surface area contributed by atoms with Gasteiger partial charge in [0.25, 0.3) is 0 Å². The van der Waals surface area contributed by atoms with E-state index in [-0.39, 0.29) is 23.4 Å².